The van der Waals surface area contributed by atoms with E-state index in [0.29, 0.717) is 13.2 Å². The van der Waals surface area contributed by atoms with Gasteiger partial charge in [0, 0.05) is 5.41 Å². The molecule has 0 aliphatic heterocycles. The zero-order valence-corrected chi connectivity index (χ0v) is 12.7. The van der Waals surface area contributed by atoms with Gasteiger partial charge in [-0.1, -0.05) is 24.3 Å². The van der Waals surface area contributed by atoms with Gasteiger partial charge in [0.05, 0.1) is 31.7 Å². The summed E-state index contributed by atoms with van der Waals surface area (Å²) in [6.07, 6.45) is 0. The van der Waals surface area contributed by atoms with Crippen LogP contribution < -0.4 is 0 Å². The molecule has 22 heavy (non-hydrogen) atoms. The lowest BCUT2D eigenvalue weighted by atomic mass is 9.89. The number of fused-ring (bicyclic) bond motifs is 1. The van der Waals surface area contributed by atoms with Gasteiger partial charge in [-0.15, -0.1) is 0 Å². The summed E-state index contributed by atoms with van der Waals surface area (Å²) in [4.78, 5) is 24.1. The molecule has 5 nitrogen and oxygen atoms in total. The summed E-state index contributed by atoms with van der Waals surface area (Å²) >= 11 is 0. The minimum atomic E-state index is -0.452. The van der Waals surface area contributed by atoms with E-state index in [0.717, 1.165) is 11.1 Å². The van der Waals surface area contributed by atoms with E-state index in [1.165, 1.54) is 0 Å². The molecule has 4 atom stereocenters. The summed E-state index contributed by atoms with van der Waals surface area (Å²) in [6.45, 7) is 4.20. The van der Waals surface area contributed by atoms with Crippen LogP contribution in [-0.4, -0.2) is 30.3 Å². The van der Waals surface area contributed by atoms with Crippen LogP contribution in [0.2, 0.25) is 0 Å². The Morgan fingerprint density at radius 3 is 1.95 bits per heavy atom. The minimum Gasteiger partial charge on any atom is -0.466 e. The number of carbonyl (C=O) groups excluding carboxylic acids is 2. The van der Waals surface area contributed by atoms with E-state index in [9.17, 15) is 9.59 Å². The highest BCUT2D eigenvalue weighted by atomic mass is 16.5. The fraction of sp³-hybridized carbons (Fsp3) is 0.529. The number of carbonyl (C=O) groups is 2. The van der Waals surface area contributed by atoms with Gasteiger partial charge in [-0.25, -0.2) is 0 Å². The van der Waals surface area contributed by atoms with Crippen molar-refractivity contribution in [2.24, 2.45) is 17.8 Å². The van der Waals surface area contributed by atoms with Crippen molar-refractivity contribution in [3.05, 3.63) is 35.4 Å². The molecule has 0 aromatic heterocycles. The molecule has 0 heterocycles. The summed E-state index contributed by atoms with van der Waals surface area (Å²) in [5.41, 5.74) is 1.30. The summed E-state index contributed by atoms with van der Waals surface area (Å²) in [5, 5.41) is 9.13. The average molecular weight is 304 g/mol. The topological polar surface area (TPSA) is 72.8 Å². The molecule has 0 bridgehead atoms. The number of rotatable bonds is 6. The quantitative estimate of drug-likeness (QED) is 0.805. The average Bonchev–Trinajstić information content (AvgIpc) is 3.36. The fourth-order valence-corrected chi connectivity index (χ4v) is 3.74. The molecule has 118 valence electrons. The van der Waals surface area contributed by atoms with Gasteiger partial charge in [0.25, 0.3) is 0 Å². The third-order valence-electron chi connectivity index (χ3n) is 4.80. The lowest BCUT2D eigenvalue weighted by Gasteiger charge is -2.18. The molecule has 2 saturated carbocycles. The molecular weight excluding hydrogens is 284 g/mol. The van der Waals surface area contributed by atoms with E-state index in [-0.39, 0.29) is 36.3 Å². The van der Waals surface area contributed by atoms with Crippen LogP contribution in [0.25, 0.3) is 0 Å². The van der Waals surface area contributed by atoms with E-state index in [4.69, 9.17) is 14.6 Å². The van der Waals surface area contributed by atoms with Crippen molar-refractivity contribution in [2.45, 2.75) is 25.9 Å². The van der Waals surface area contributed by atoms with Crippen LogP contribution >= 0.6 is 0 Å². The molecular formula is C17H20O5. The largest absolute Gasteiger partial charge is 0.466 e. The van der Waals surface area contributed by atoms with Crippen LogP contribution in [0, 0.1) is 17.8 Å². The molecule has 0 spiro atoms. The molecule has 3 rings (SSSR count). The molecule has 3 unspecified atom stereocenters. The number of ether oxygens (including phenoxy) is 2. The van der Waals surface area contributed by atoms with Crippen molar-refractivity contribution in [1.29, 1.82) is 0 Å². The first-order valence-electron chi connectivity index (χ1n) is 7.66. The molecule has 0 amide bonds. The number of benzene rings is 1. The number of hydrogen-bond acceptors (Lipinski definition) is 5. The van der Waals surface area contributed by atoms with Crippen molar-refractivity contribution in [1.82, 2.24) is 0 Å². The molecule has 1 N–H and O–H groups in total. The van der Waals surface area contributed by atoms with Crippen LogP contribution in [-0.2, 0) is 31.1 Å². The first-order valence-corrected chi connectivity index (χ1v) is 7.66. The zero-order valence-electron chi connectivity index (χ0n) is 12.7. The Labute approximate surface area is 129 Å². The predicted octanol–water partition coefficient (Wildman–Crippen LogP) is 1.42. The van der Waals surface area contributed by atoms with E-state index >= 15 is 0 Å². The molecule has 1 aromatic rings. The van der Waals surface area contributed by atoms with Crippen molar-refractivity contribution >= 4 is 11.9 Å². The van der Waals surface area contributed by atoms with Crippen molar-refractivity contribution in [2.75, 3.05) is 13.2 Å². The van der Waals surface area contributed by atoms with Gasteiger partial charge >= 0.3 is 11.9 Å². The number of esters is 2. The summed E-state index contributed by atoms with van der Waals surface area (Å²) in [5.74, 6) is -0.979. The van der Waals surface area contributed by atoms with E-state index < -0.39 is 5.41 Å². The Balaban J connectivity index is 1.84. The van der Waals surface area contributed by atoms with E-state index in [1.54, 1.807) is 13.8 Å². The Morgan fingerprint density at radius 2 is 1.55 bits per heavy atom. The highest BCUT2D eigenvalue weighted by Crippen LogP contribution is 2.84. The Hall–Kier alpha value is -1.88. The second-order valence-electron chi connectivity index (χ2n) is 5.77. The van der Waals surface area contributed by atoms with Gasteiger partial charge < -0.3 is 14.6 Å². The standard InChI is InChI=1S/C17H20O5/c1-3-21-15(19)13-12-14(16(20)22-4-2)17(12,13)11-7-5-10(9-18)6-8-11/h5-8,12-14,18H,3-4,9H2,1-2H3/t12?,13-,14?,17?/m0/s1. The molecule has 5 heteroatoms. The van der Waals surface area contributed by atoms with Crippen LogP contribution in [0.1, 0.15) is 25.0 Å². The van der Waals surface area contributed by atoms with Crippen molar-refractivity contribution < 1.29 is 24.2 Å². The third-order valence-corrected chi connectivity index (χ3v) is 4.80. The van der Waals surface area contributed by atoms with Gasteiger partial charge in [-0.2, -0.15) is 0 Å². The summed E-state index contributed by atoms with van der Waals surface area (Å²) < 4.78 is 10.2. The maximum atomic E-state index is 12.1. The SMILES string of the molecule is CCOC(=O)C1C2[C@@H](C(=O)OCC)C12c1ccc(CO)cc1. The second-order valence-corrected chi connectivity index (χ2v) is 5.77. The van der Waals surface area contributed by atoms with Crippen LogP contribution in [0.4, 0.5) is 0 Å². The Bertz CT molecular complexity index is 566. The first kappa shape index (κ1) is 15.0. The smallest absolute Gasteiger partial charge is 0.310 e. The number of aliphatic hydroxyl groups is 1. The van der Waals surface area contributed by atoms with E-state index in [2.05, 4.69) is 0 Å². The molecule has 2 aliphatic rings. The third kappa shape index (κ3) is 1.96. The molecule has 2 aliphatic carbocycles. The van der Waals surface area contributed by atoms with Crippen molar-refractivity contribution in [3.8, 4) is 0 Å². The normalized spacial score (nSPS) is 31.1. The first-order chi connectivity index (χ1) is 10.6. The molecule has 0 radical (unpaired) electrons. The van der Waals surface area contributed by atoms with Gasteiger partial charge in [0.2, 0.25) is 0 Å². The maximum Gasteiger partial charge on any atom is 0.310 e. The Kier molecular flexibility index (Phi) is 3.68. The van der Waals surface area contributed by atoms with E-state index in [1.807, 2.05) is 24.3 Å². The lowest BCUT2D eigenvalue weighted by Crippen LogP contribution is -2.28. The van der Waals surface area contributed by atoms with Gasteiger partial charge in [0.1, 0.15) is 0 Å². The fourth-order valence-electron chi connectivity index (χ4n) is 3.74. The minimum absolute atomic E-state index is 0.00873. The highest BCUT2D eigenvalue weighted by Gasteiger charge is 2.92. The molecule has 0 saturated heterocycles. The summed E-state index contributed by atoms with van der Waals surface area (Å²) in [7, 11) is 0. The Morgan fingerprint density at radius 1 is 1.05 bits per heavy atom. The maximum absolute atomic E-state index is 12.1. The van der Waals surface area contributed by atoms with Crippen LogP contribution in [0.15, 0.2) is 24.3 Å². The van der Waals surface area contributed by atoms with Crippen molar-refractivity contribution in [3.63, 3.8) is 0 Å². The molecule has 1 aromatic carbocycles. The number of aliphatic hydroxyl groups excluding tert-OH is 1. The van der Waals surface area contributed by atoms with Crippen LogP contribution in [0.5, 0.6) is 0 Å². The lowest BCUT2D eigenvalue weighted by molar-refractivity contribution is -0.151. The zero-order chi connectivity index (χ0) is 15.9. The van der Waals surface area contributed by atoms with Crippen LogP contribution in [0.3, 0.4) is 0 Å². The number of hydrogen-bond donors (Lipinski definition) is 1. The molecule has 2 fully saturated rings. The van der Waals surface area contributed by atoms with Gasteiger partial charge in [-0.05, 0) is 30.9 Å². The predicted molar refractivity (Wildman–Crippen MR) is 77.8 cm³/mol. The van der Waals surface area contributed by atoms with Gasteiger partial charge in [0.15, 0.2) is 0 Å². The van der Waals surface area contributed by atoms with Gasteiger partial charge in [-0.3, -0.25) is 9.59 Å². The second kappa shape index (κ2) is 5.39. The highest BCUT2D eigenvalue weighted by molar-refractivity contribution is 5.94. The monoisotopic (exact) mass is 304 g/mol. The summed E-state index contributed by atoms with van der Waals surface area (Å²) in [6, 6.07) is 7.42.